The molecule has 0 radical (unpaired) electrons. The zero-order valence-corrected chi connectivity index (χ0v) is 18.9. The van der Waals surface area contributed by atoms with E-state index in [1.807, 2.05) is 23.1 Å². The first-order valence-corrected chi connectivity index (χ1v) is 11.6. The Morgan fingerprint density at radius 1 is 1.21 bits per heavy atom. The lowest BCUT2D eigenvalue weighted by Gasteiger charge is -2.36. The molecule has 1 aromatic carbocycles. The lowest BCUT2D eigenvalue weighted by atomic mass is 9.76. The van der Waals surface area contributed by atoms with Crippen LogP contribution in [0.2, 0.25) is 5.02 Å². The minimum atomic E-state index is -0.139. The number of amides is 1. The maximum atomic E-state index is 12.6. The molecule has 0 bridgehead atoms. The topological polar surface area (TPSA) is 93.0 Å². The van der Waals surface area contributed by atoms with Gasteiger partial charge in [0.05, 0.1) is 24.3 Å². The highest BCUT2D eigenvalue weighted by molar-refractivity contribution is 6.30. The lowest BCUT2D eigenvalue weighted by molar-refractivity contribution is -0.108. The number of anilines is 1. The molecule has 8 nitrogen and oxygen atoms in total. The smallest absolute Gasteiger partial charge is 0.254 e. The van der Waals surface area contributed by atoms with Gasteiger partial charge >= 0.3 is 0 Å². The maximum absolute atomic E-state index is 12.6. The molecule has 33 heavy (non-hydrogen) atoms. The van der Waals surface area contributed by atoms with Crippen LogP contribution >= 0.6 is 11.6 Å². The first kappa shape index (κ1) is 21.6. The van der Waals surface area contributed by atoms with E-state index >= 15 is 0 Å². The quantitative estimate of drug-likeness (QED) is 0.540. The molecule has 2 fully saturated rings. The van der Waals surface area contributed by atoms with Gasteiger partial charge in [-0.2, -0.15) is 5.10 Å². The van der Waals surface area contributed by atoms with Crippen LogP contribution in [0.5, 0.6) is 0 Å². The Labute approximate surface area is 197 Å². The van der Waals surface area contributed by atoms with Gasteiger partial charge in [0.25, 0.3) is 5.91 Å². The third-order valence-electron chi connectivity index (χ3n) is 6.44. The number of benzene rings is 1. The fourth-order valence-electron chi connectivity index (χ4n) is 4.55. The van der Waals surface area contributed by atoms with E-state index in [2.05, 4.69) is 26.4 Å². The van der Waals surface area contributed by atoms with Crippen molar-refractivity contribution in [1.82, 2.24) is 25.1 Å². The molecular formula is C24H25ClN6O2. The molecule has 170 valence electrons. The van der Waals surface area contributed by atoms with Crippen LogP contribution in [-0.2, 0) is 11.3 Å². The molecular weight excluding hydrogens is 440 g/mol. The summed E-state index contributed by atoms with van der Waals surface area (Å²) in [6, 6.07) is 7.94. The van der Waals surface area contributed by atoms with E-state index in [1.165, 1.54) is 5.56 Å². The summed E-state index contributed by atoms with van der Waals surface area (Å²) in [6.45, 7) is 1.26. The SMILES string of the molecule is O=C[C@@H]1CCCN1c1ncc(Cn2cc(C(=O)N[C@H]3C[C@@H](c4cccc(Cl)c4)C3)cn2)cn1. The van der Waals surface area contributed by atoms with Crippen molar-refractivity contribution in [3.63, 3.8) is 0 Å². The van der Waals surface area contributed by atoms with Gasteiger partial charge in [0.1, 0.15) is 6.29 Å². The number of carbonyl (C=O) groups excluding carboxylic acids is 2. The molecule has 1 aliphatic carbocycles. The summed E-state index contributed by atoms with van der Waals surface area (Å²) in [7, 11) is 0. The maximum Gasteiger partial charge on any atom is 0.254 e. The third kappa shape index (κ3) is 4.75. The molecule has 1 atom stereocenters. The van der Waals surface area contributed by atoms with Crippen LogP contribution in [0.25, 0.3) is 0 Å². The number of aldehydes is 1. The second kappa shape index (κ2) is 9.31. The molecule has 3 aromatic rings. The Balaban J connectivity index is 1.14. The standard InChI is InChI=1S/C24H25ClN6O2/c25-20-4-1-3-17(7-20)18-8-21(9-18)29-23(33)19-12-28-30(14-19)13-16-10-26-24(27-11-16)31-6-2-5-22(31)15-32/h1,3-4,7,10-12,14-15,18,21-22H,2,5-6,8-9,13H2,(H,29,33)/t18-,21+,22-/m0/s1. The minimum absolute atomic E-state index is 0.115. The van der Waals surface area contributed by atoms with Gasteiger partial charge < -0.3 is 15.0 Å². The number of carbonyl (C=O) groups is 2. The van der Waals surface area contributed by atoms with E-state index in [0.717, 1.165) is 49.1 Å². The number of nitrogens with zero attached hydrogens (tertiary/aromatic N) is 5. The van der Waals surface area contributed by atoms with Crippen molar-refractivity contribution < 1.29 is 9.59 Å². The van der Waals surface area contributed by atoms with Crippen molar-refractivity contribution in [2.75, 3.05) is 11.4 Å². The van der Waals surface area contributed by atoms with Crippen LogP contribution in [-0.4, -0.2) is 50.6 Å². The third-order valence-corrected chi connectivity index (χ3v) is 6.67. The van der Waals surface area contributed by atoms with Gasteiger partial charge in [0.2, 0.25) is 5.95 Å². The fraction of sp³-hybridized carbons (Fsp3) is 0.375. The molecule has 1 aliphatic heterocycles. The molecule has 5 rings (SSSR count). The normalized spacial score (nSPS) is 22.1. The average molecular weight is 465 g/mol. The van der Waals surface area contributed by atoms with Crippen LogP contribution in [0.1, 0.15) is 53.1 Å². The van der Waals surface area contributed by atoms with Crippen LogP contribution in [0.15, 0.2) is 49.1 Å². The van der Waals surface area contributed by atoms with Crippen molar-refractivity contribution in [1.29, 1.82) is 0 Å². The Kier molecular flexibility index (Phi) is 6.09. The van der Waals surface area contributed by atoms with Crippen molar-refractivity contribution in [2.45, 2.75) is 50.2 Å². The Bertz CT molecular complexity index is 1140. The number of halogens is 1. The van der Waals surface area contributed by atoms with Crippen molar-refractivity contribution in [2.24, 2.45) is 0 Å². The van der Waals surface area contributed by atoms with Crippen LogP contribution in [0, 0.1) is 0 Å². The number of nitrogens with one attached hydrogen (secondary N) is 1. The molecule has 1 amide bonds. The van der Waals surface area contributed by atoms with Gasteiger partial charge in [-0.1, -0.05) is 23.7 Å². The molecule has 0 spiro atoms. The average Bonchev–Trinajstić information content (AvgIpc) is 3.46. The highest BCUT2D eigenvalue weighted by Crippen LogP contribution is 2.37. The van der Waals surface area contributed by atoms with E-state index in [0.29, 0.717) is 24.0 Å². The predicted molar refractivity (Wildman–Crippen MR) is 124 cm³/mol. The molecule has 0 unspecified atom stereocenters. The second-order valence-electron chi connectivity index (χ2n) is 8.75. The first-order chi connectivity index (χ1) is 16.1. The van der Waals surface area contributed by atoms with Gasteiger partial charge in [-0.3, -0.25) is 9.48 Å². The molecule has 3 heterocycles. The summed E-state index contributed by atoms with van der Waals surface area (Å²) in [5.74, 6) is 0.892. The molecule has 2 aliphatic rings. The molecule has 1 N–H and O–H groups in total. The van der Waals surface area contributed by atoms with E-state index in [-0.39, 0.29) is 18.0 Å². The summed E-state index contributed by atoms with van der Waals surface area (Å²) in [5.41, 5.74) is 2.63. The summed E-state index contributed by atoms with van der Waals surface area (Å²) < 4.78 is 1.70. The van der Waals surface area contributed by atoms with Crippen LogP contribution < -0.4 is 10.2 Å². The zero-order valence-electron chi connectivity index (χ0n) is 18.1. The Morgan fingerprint density at radius 3 is 2.79 bits per heavy atom. The highest BCUT2D eigenvalue weighted by Gasteiger charge is 2.32. The molecule has 1 saturated carbocycles. The van der Waals surface area contributed by atoms with Crippen LogP contribution in [0.3, 0.4) is 0 Å². The van der Waals surface area contributed by atoms with E-state index in [4.69, 9.17) is 11.6 Å². The van der Waals surface area contributed by atoms with E-state index in [9.17, 15) is 9.59 Å². The number of aromatic nitrogens is 4. The second-order valence-corrected chi connectivity index (χ2v) is 9.19. The zero-order chi connectivity index (χ0) is 22.8. The molecule has 2 aromatic heterocycles. The largest absolute Gasteiger partial charge is 0.349 e. The lowest BCUT2D eigenvalue weighted by Crippen LogP contribution is -2.43. The molecule has 9 heteroatoms. The van der Waals surface area contributed by atoms with Gasteiger partial charge in [0, 0.05) is 41.8 Å². The summed E-state index contributed by atoms with van der Waals surface area (Å²) >= 11 is 6.08. The highest BCUT2D eigenvalue weighted by atomic mass is 35.5. The first-order valence-electron chi connectivity index (χ1n) is 11.2. The van der Waals surface area contributed by atoms with Crippen LogP contribution in [0.4, 0.5) is 5.95 Å². The fourth-order valence-corrected chi connectivity index (χ4v) is 4.75. The predicted octanol–water partition coefficient (Wildman–Crippen LogP) is 3.22. The van der Waals surface area contributed by atoms with Gasteiger partial charge in [-0.15, -0.1) is 0 Å². The van der Waals surface area contributed by atoms with Gasteiger partial charge in [-0.25, -0.2) is 9.97 Å². The van der Waals surface area contributed by atoms with E-state index < -0.39 is 0 Å². The summed E-state index contributed by atoms with van der Waals surface area (Å²) in [4.78, 5) is 34.6. The number of rotatable bonds is 7. The van der Waals surface area contributed by atoms with E-state index in [1.54, 1.807) is 29.5 Å². The van der Waals surface area contributed by atoms with Crippen molar-refractivity contribution in [3.05, 3.63) is 70.8 Å². The Hall–Kier alpha value is -3.26. The van der Waals surface area contributed by atoms with Gasteiger partial charge in [-0.05, 0) is 49.3 Å². The van der Waals surface area contributed by atoms with Crippen molar-refractivity contribution in [3.8, 4) is 0 Å². The number of hydrogen-bond donors (Lipinski definition) is 1. The summed E-state index contributed by atoms with van der Waals surface area (Å²) in [5, 5.41) is 8.14. The monoisotopic (exact) mass is 464 g/mol. The molecule has 1 saturated heterocycles. The van der Waals surface area contributed by atoms with Crippen molar-refractivity contribution >= 4 is 29.7 Å². The number of hydrogen-bond acceptors (Lipinski definition) is 6. The minimum Gasteiger partial charge on any atom is -0.349 e. The Morgan fingerprint density at radius 2 is 2.03 bits per heavy atom. The van der Waals surface area contributed by atoms with Gasteiger partial charge in [0.15, 0.2) is 0 Å². The summed E-state index contributed by atoms with van der Waals surface area (Å²) in [6.07, 6.45) is 11.4.